The number of halogens is 1. The molecule has 0 spiro atoms. The number of hydrogen-bond donors (Lipinski definition) is 1. The van der Waals surface area contributed by atoms with Crippen molar-refractivity contribution in [1.82, 2.24) is 5.32 Å². The third-order valence-corrected chi connectivity index (χ3v) is 4.31. The number of nitriles is 1. The first-order valence-electron chi connectivity index (χ1n) is 8.40. The van der Waals surface area contributed by atoms with Crippen LogP contribution in [0.15, 0.2) is 76.7 Å². The average molecular weight is 377 g/mol. The first-order chi connectivity index (χ1) is 13.1. The highest BCUT2D eigenvalue weighted by Gasteiger charge is 2.14. The molecule has 1 N–H and O–H groups in total. The number of benzene rings is 2. The molecule has 0 radical (unpaired) electrons. The summed E-state index contributed by atoms with van der Waals surface area (Å²) in [7, 11) is 0. The van der Waals surface area contributed by atoms with Gasteiger partial charge in [-0.15, -0.1) is 0 Å². The van der Waals surface area contributed by atoms with Gasteiger partial charge in [0.05, 0.1) is 6.04 Å². The maximum Gasteiger partial charge on any atom is 0.262 e. The monoisotopic (exact) mass is 376 g/mol. The van der Waals surface area contributed by atoms with Crippen LogP contribution in [0.4, 0.5) is 0 Å². The van der Waals surface area contributed by atoms with Gasteiger partial charge in [-0.25, -0.2) is 0 Å². The SMILES string of the molecule is C[C@@H](NC(=O)/C(C#N)=C\c1ccc(-c2ccc(Cl)cc2)o1)c1ccccc1. The Hall–Kier alpha value is -3.29. The van der Waals surface area contributed by atoms with E-state index < -0.39 is 5.91 Å². The van der Waals surface area contributed by atoms with Gasteiger partial charge < -0.3 is 9.73 Å². The summed E-state index contributed by atoms with van der Waals surface area (Å²) in [6.07, 6.45) is 1.44. The van der Waals surface area contributed by atoms with Gasteiger partial charge in [-0.1, -0.05) is 41.9 Å². The summed E-state index contributed by atoms with van der Waals surface area (Å²) < 4.78 is 5.73. The molecule has 0 saturated carbocycles. The predicted molar refractivity (Wildman–Crippen MR) is 106 cm³/mol. The normalized spacial score (nSPS) is 12.3. The molecule has 0 bridgehead atoms. The topological polar surface area (TPSA) is 66.0 Å². The molecule has 0 unspecified atom stereocenters. The van der Waals surface area contributed by atoms with Crippen molar-refractivity contribution >= 4 is 23.6 Å². The fourth-order valence-corrected chi connectivity index (χ4v) is 2.72. The van der Waals surface area contributed by atoms with E-state index in [1.807, 2.05) is 55.5 Å². The average Bonchev–Trinajstić information content (AvgIpc) is 3.16. The number of nitrogens with one attached hydrogen (secondary N) is 1. The van der Waals surface area contributed by atoms with Gasteiger partial charge in [0, 0.05) is 16.7 Å². The second-order valence-electron chi connectivity index (χ2n) is 5.98. The van der Waals surface area contributed by atoms with Crippen molar-refractivity contribution in [1.29, 1.82) is 5.26 Å². The quantitative estimate of drug-likeness (QED) is 0.480. The molecule has 5 heteroatoms. The molecule has 0 aliphatic carbocycles. The van der Waals surface area contributed by atoms with Gasteiger partial charge in [-0.05, 0) is 48.9 Å². The van der Waals surface area contributed by atoms with Gasteiger partial charge in [-0.3, -0.25) is 4.79 Å². The van der Waals surface area contributed by atoms with Crippen molar-refractivity contribution < 1.29 is 9.21 Å². The van der Waals surface area contributed by atoms with E-state index in [0.717, 1.165) is 11.1 Å². The third kappa shape index (κ3) is 4.66. The highest BCUT2D eigenvalue weighted by atomic mass is 35.5. The largest absolute Gasteiger partial charge is 0.457 e. The molecule has 3 rings (SSSR count). The molecule has 1 aromatic heterocycles. The summed E-state index contributed by atoms with van der Waals surface area (Å²) in [5.41, 5.74) is 1.81. The number of carbonyl (C=O) groups excluding carboxylic acids is 1. The second-order valence-corrected chi connectivity index (χ2v) is 6.42. The van der Waals surface area contributed by atoms with Crippen molar-refractivity contribution in [3.8, 4) is 17.4 Å². The molecule has 0 fully saturated rings. The molecule has 0 saturated heterocycles. The molecule has 4 nitrogen and oxygen atoms in total. The molecule has 27 heavy (non-hydrogen) atoms. The Morgan fingerprint density at radius 3 is 2.48 bits per heavy atom. The summed E-state index contributed by atoms with van der Waals surface area (Å²) >= 11 is 5.89. The maximum atomic E-state index is 12.4. The van der Waals surface area contributed by atoms with E-state index in [1.54, 1.807) is 24.3 Å². The lowest BCUT2D eigenvalue weighted by atomic mass is 10.1. The van der Waals surface area contributed by atoms with Crippen LogP contribution in [0.25, 0.3) is 17.4 Å². The summed E-state index contributed by atoms with van der Waals surface area (Å²) in [6.45, 7) is 1.87. The summed E-state index contributed by atoms with van der Waals surface area (Å²) in [5.74, 6) is 0.616. The standard InChI is InChI=1S/C22H17ClN2O2/c1-15(16-5-3-2-4-6-16)25-22(26)18(14-24)13-20-11-12-21(27-20)17-7-9-19(23)10-8-17/h2-13,15H,1H3,(H,25,26)/b18-13-/t15-/m1/s1. The predicted octanol–water partition coefficient (Wildman–Crippen LogP) is 5.38. The number of amides is 1. The molecule has 0 aliphatic heterocycles. The Balaban J connectivity index is 1.75. The van der Waals surface area contributed by atoms with Gasteiger partial charge in [-0.2, -0.15) is 5.26 Å². The highest BCUT2D eigenvalue weighted by molar-refractivity contribution is 6.30. The Labute approximate surface area is 162 Å². The van der Waals surface area contributed by atoms with Crippen LogP contribution in [0.2, 0.25) is 5.02 Å². The first-order valence-corrected chi connectivity index (χ1v) is 8.78. The molecule has 2 aromatic carbocycles. The van der Waals surface area contributed by atoms with E-state index in [0.29, 0.717) is 16.5 Å². The molecule has 0 aliphatic rings. The van der Waals surface area contributed by atoms with E-state index in [1.165, 1.54) is 6.08 Å². The number of hydrogen-bond acceptors (Lipinski definition) is 3. The number of nitrogens with zero attached hydrogens (tertiary/aromatic N) is 1. The minimum atomic E-state index is -0.446. The van der Waals surface area contributed by atoms with Gasteiger partial charge in [0.2, 0.25) is 0 Å². The fraction of sp³-hybridized carbons (Fsp3) is 0.0909. The van der Waals surface area contributed by atoms with E-state index in [-0.39, 0.29) is 11.6 Å². The summed E-state index contributed by atoms with van der Waals surface area (Å²) in [5, 5.41) is 12.8. The lowest BCUT2D eigenvalue weighted by molar-refractivity contribution is -0.117. The first kappa shape index (κ1) is 18.5. The van der Waals surface area contributed by atoms with Crippen LogP contribution < -0.4 is 5.32 Å². The third-order valence-electron chi connectivity index (χ3n) is 4.05. The van der Waals surface area contributed by atoms with Gasteiger partial charge >= 0.3 is 0 Å². The van der Waals surface area contributed by atoms with E-state index >= 15 is 0 Å². The van der Waals surface area contributed by atoms with Gasteiger partial charge in [0.1, 0.15) is 23.2 Å². The minimum absolute atomic E-state index is 0.0187. The Morgan fingerprint density at radius 1 is 1.11 bits per heavy atom. The molecule has 134 valence electrons. The van der Waals surface area contributed by atoms with Crippen LogP contribution in [0.3, 0.4) is 0 Å². The van der Waals surface area contributed by atoms with E-state index in [2.05, 4.69) is 5.32 Å². The summed E-state index contributed by atoms with van der Waals surface area (Å²) in [4.78, 5) is 12.4. The van der Waals surface area contributed by atoms with Gasteiger partial charge in [0.25, 0.3) is 5.91 Å². The maximum absolute atomic E-state index is 12.4. The lowest BCUT2D eigenvalue weighted by Crippen LogP contribution is -2.27. The van der Waals surface area contributed by atoms with Crippen molar-refractivity contribution in [2.45, 2.75) is 13.0 Å². The van der Waals surface area contributed by atoms with Crippen molar-refractivity contribution in [3.63, 3.8) is 0 Å². The molecular weight excluding hydrogens is 360 g/mol. The molecular formula is C22H17ClN2O2. The van der Waals surface area contributed by atoms with E-state index in [9.17, 15) is 10.1 Å². The van der Waals surface area contributed by atoms with Crippen LogP contribution in [-0.2, 0) is 4.79 Å². The Morgan fingerprint density at radius 2 is 1.81 bits per heavy atom. The van der Waals surface area contributed by atoms with Gasteiger partial charge in [0.15, 0.2) is 0 Å². The second kappa shape index (κ2) is 8.39. The molecule has 1 heterocycles. The zero-order valence-electron chi connectivity index (χ0n) is 14.6. The van der Waals surface area contributed by atoms with Crippen LogP contribution >= 0.6 is 11.6 Å². The van der Waals surface area contributed by atoms with Crippen molar-refractivity contribution in [2.75, 3.05) is 0 Å². The zero-order valence-corrected chi connectivity index (χ0v) is 15.4. The lowest BCUT2D eigenvalue weighted by Gasteiger charge is -2.13. The minimum Gasteiger partial charge on any atom is -0.457 e. The fourth-order valence-electron chi connectivity index (χ4n) is 2.59. The van der Waals surface area contributed by atoms with Crippen LogP contribution in [0.1, 0.15) is 24.3 Å². The zero-order chi connectivity index (χ0) is 19.2. The number of furan rings is 1. The Kier molecular flexibility index (Phi) is 5.75. The van der Waals surface area contributed by atoms with Crippen LogP contribution in [-0.4, -0.2) is 5.91 Å². The Bertz CT molecular complexity index is 999. The highest BCUT2D eigenvalue weighted by Crippen LogP contribution is 2.25. The van der Waals surface area contributed by atoms with E-state index in [4.69, 9.17) is 16.0 Å². The molecule has 1 atom stereocenters. The summed E-state index contributed by atoms with van der Waals surface area (Å²) in [6, 6.07) is 22.0. The number of rotatable bonds is 5. The van der Waals surface area contributed by atoms with Crippen LogP contribution in [0.5, 0.6) is 0 Å². The smallest absolute Gasteiger partial charge is 0.262 e. The van der Waals surface area contributed by atoms with Crippen molar-refractivity contribution in [3.05, 3.63) is 88.6 Å². The van der Waals surface area contributed by atoms with Crippen molar-refractivity contribution in [2.24, 2.45) is 0 Å². The molecule has 3 aromatic rings. The van der Waals surface area contributed by atoms with Crippen LogP contribution in [0, 0.1) is 11.3 Å². The number of carbonyl (C=O) groups is 1. The molecule has 1 amide bonds.